The van der Waals surface area contributed by atoms with Crippen molar-refractivity contribution in [2.24, 2.45) is 5.92 Å². The number of β-lactam (4-membered cyclic amide) rings is 1. The van der Waals surface area contributed by atoms with Gasteiger partial charge in [-0.05, 0) is 5.92 Å². The van der Waals surface area contributed by atoms with Crippen molar-refractivity contribution in [2.45, 2.75) is 38.8 Å². The van der Waals surface area contributed by atoms with Gasteiger partial charge in [0.15, 0.2) is 6.10 Å². The Hall–Kier alpha value is -0.570. The number of hydrogen-bond donors (Lipinski definition) is 2. The second-order valence-electron chi connectivity index (χ2n) is 3.06. The van der Waals surface area contributed by atoms with Gasteiger partial charge in [0.25, 0.3) is 5.91 Å². The Morgan fingerprint density at radius 2 is 2.09 bits per heavy atom. The molecule has 1 saturated heterocycles. The van der Waals surface area contributed by atoms with E-state index in [1.165, 1.54) is 0 Å². The fourth-order valence-corrected chi connectivity index (χ4v) is 1.57. The zero-order valence-electron chi connectivity index (χ0n) is 7.00. The average Bonchev–Trinajstić information content (AvgIpc) is 2.05. The van der Waals surface area contributed by atoms with Gasteiger partial charge in [-0.25, -0.2) is 0 Å². The lowest BCUT2D eigenvalue weighted by atomic mass is 9.85. The predicted molar refractivity (Wildman–Crippen MR) is 42.0 cm³/mol. The van der Waals surface area contributed by atoms with Crippen molar-refractivity contribution in [2.75, 3.05) is 0 Å². The van der Waals surface area contributed by atoms with Crippen LogP contribution >= 0.6 is 0 Å². The second kappa shape index (κ2) is 3.22. The van der Waals surface area contributed by atoms with E-state index in [0.717, 1.165) is 12.8 Å². The minimum atomic E-state index is -0.750. The normalized spacial score (nSPS) is 30.0. The van der Waals surface area contributed by atoms with E-state index in [1.807, 2.05) is 0 Å². The summed E-state index contributed by atoms with van der Waals surface area (Å²) in [7, 11) is 0. The lowest BCUT2D eigenvalue weighted by Crippen LogP contribution is -2.65. The molecule has 0 saturated carbocycles. The maximum Gasteiger partial charge on any atom is 0.251 e. The van der Waals surface area contributed by atoms with E-state index >= 15 is 0 Å². The summed E-state index contributed by atoms with van der Waals surface area (Å²) in [6.45, 7) is 4.15. The third-order valence-electron chi connectivity index (χ3n) is 2.47. The van der Waals surface area contributed by atoms with E-state index < -0.39 is 6.10 Å². The number of hydrogen-bond acceptors (Lipinski definition) is 2. The van der Waals surface area contributed by atoms with Crippen LogP contribution in [0, 0.1) is 5.92 Å². The van der Waals surface area contributed by atoms with Crippen LogP contribution in [0.25, 0.3) is 0 Å². The molecule has 0 radical (unpaired) electrons. The molecule has 0 aliphatic carbocycles. The van der Waals surface area contributed by atoms with Crippen LogP contribution in [0.3, 0.4) is 0 Å². The molecule has 3 nitrogen and oxygen atoms in total. The summed E-state index contributed by atoms with van der Waals surface area (Å²) in [4.78, 5) is 10.6. The first-order valence-electron chi connectivity index (χ1n) is 4.19. The zero-order valence-corrected chi connectivity index (χ0v) is 7.00. The maximum atomic E-state index is 10.6. The van der Waals surface area contributed by atoms with Crippen LogP contribution < -0.4 is 5.32 Å². The summed E-state index contributed by atoms with van der Waals surface area (Å²) in [5, 5.41) is 11.9. The minimum absolute atomic E-state index is 0.0116. The van der Waals surface area contributed by atoms with Crippen LogP contribution in [-0.2, 0) is 4.79 Å². The Morgan fingerprint density at radius 3 is 2.36 bits per heavy atom. The molecule has 3 heteroatoms. The Bertz CT molecular complexity index is 154. The molecule has 1 amide bonds. The van der Waals surface area contributed by atoms with Gasteiger partial charge in [0.1, 0.15) is 0 Å². The highest BCUT2D eigenvalue weighted by Crippen LogP contribution is 2.21. The minimum Gasteiger partial charge on any atom is -0.381 e. The molecule has 2 atom stereocenters. The first-order chi connectivity index (χ1) is 5.20. The number of nitrogens with one attached hydrogen (secondary N) is 1. The lowest BCUT2D eigenvalue weighted by Gasteiger charge is -2.38. The van der Waals surface area contributed by atoms with Gasteiger partial charge in [-0.3, -0.25) is 4.79 Å². The molecule has 0 unspecified atom stereocenters. The van der Waals surface area contributed by atoms with E-state index in [-0.39, 0.29) is 11.9 Å². The number of aliphatic hydroxyl groups excluding tert-OH is 1. The smallest absolute Gasteiger partial charge is 0.251 e. The van der Waals surface area contributed by atoms with Crippen LogP contribution in [0.4, 0.5) is 0 Å². The highest BCUT2D eigenvalue weighted by molar-refractivity contribution is 5.87. The number of carbonyl (C=O) groups is 1. The number of rotatable bonds is 3. The van der Waals surface area contributed by atoms with Gasteiger partial charge in [0.05, 0.1) is 6.04 Å². The predicted octanol–water partition coefficient (Wildman–Crippen LogP) is 0.282. The largest absolute Gasteiger partial charge is 0.381 e. The molecule has 1 heterocycles. The molecule has 11 heavy (non-hydrogen) atoms. The Kier molecular flexibility index (Phi) is 2.49. The van der Waals surface area contributed by atoms with Crippen LogP contribution in [0.15, 0.2) is 0 Å². The molecule has 1 rings (SSSR count). The highest BCUT2D eigenvalue weighted by atomic mass is 16.3. The quantitative estimate of drug-likeness (QED) is 0.578. The SMILES string of the molecule is CCC(CC)[C@@H]1NC(=O)[C@@H]1O. The van der Waals surface area contributed by atoms with Gasteiger partial charge in [-0.1, -0.05) is 26.7 Å². The fraction of sp³-hybridized carbons (Fsp3) is 0.875. The maximum absolute atomic E-state index is 10.6. The van der Waals surface area contributed by atoms with Crippen molar-refractivity contribution >= 4 is 5.91 Å². The molecular formula is C8H15NO2. The molecular weight excluding hydrogens is 142 g/mol. The van der Waals surface area contributed by atoms with Gasteiger partial charge in [0.2, 0.25) is 0 Å². The standard InChI is InChI=1S/C8H15NO2/c1-3-5(4-2)6-7(10)8(11)9-6/h5-7,10H,3-4H2,1-2H3,(H,9,11)/t6-,7+/m0/s1. The molecule has 1 fully saturated rings. The highest BCUT2D eigenvalue weighted by Gasteiger charge is 2.41. The van der Waals surface area contributed by atoms with Gasteiger partial charge in [-0.2, -0.15) is 0 Å². The molecule has 1 aliphatic heterocycles. The molecule has 64 valence electrons. The van der Waals surface area contributed by atoms with Crippen LogP contribution in [0.1, 0.15) is 26.7 Å². The molecule has 0 aromatic heterocycles. The van der Waals surface area contributed by atoms with E-state index in [9.17, 15) is 9.90 Å². The van der Waals surface area contributed by atoms with Gasteiger partial charge >= 0.3 is 0 Å². The van der Waals surface area contributed by atoms with Crippen molar-refractivity contribution in [3.05, 3.63) is 0 Å². The van der Waals surface area contributed by atoms with Crippen molar-refractivity contribution < 1.29 is 9.90 Å². The van der Waals surface area contributed by atoms with E-state index in [2.05, 4.69) is 19.2 Å². The van der Waals surface area contributed by atoms with Crippen LogP contribution in [-0.4, -0.2) is 23.2 Å². The van der Waals surface area contributed by atoms with E-state index in [1.54, 1.807) is 0 Å². The summed E-state index contributed by atoms with van der Waals surface area (Å²) in [6.07, 6.45) is 1.27. The lowest BCUT2D eigenvalue weighted by molar-refractivity contribution is -0.144. The van der Waals surface area contributed by atoms with Crippen molar-refractivity contribution in [3.8, 4) is 0 Å². The summed E-state index contributed by atoms with van der Waals surface area (Å²) in [5.41, 5.74) is 0. The third-order valence-corrected chi connectivity index (χ3v) is 2.47. The summed E-state index contributed by atoms with van der Waals surface area (Å²) in [6, 6.07) is 0.0116. The summed E-state index contributed by atoms with van der Waals surface area (Å²) >= 11 is 0. The molecule has 0 bridgehead atoms. The third kappa shape index (κ3) is 1.38. The molecule has 0 aromatic carbocycles. The second-order valence-corrected chi connectivity index (χ2v) is 3.06. The number of carbonyl (C=O) groups excluding carboxylic acids is 1. The van der Waals surface area contributed by atoms with E-state index in [0.29, 0.717) is 5.92 Å². The van der Waals surface area contributed by atoms with E-state index in [4.69, 9.17) is 0 Å². The first kappa shape index (κ1) is 8.53. The van der Waals surface area contributed by atoms with Crippen LogP contribution in [0.5, 0.6) is 0 Å². The topological polar surface area (TPSA) is 49.3 Å². The molecule has 0 aromatic rings. The van der Waals surface area contributed by atoms with Gasteiger partial charge < -0.3 is 10.4 Å². The van der Waals surface area contributed by atoms with Crippen molar-refractivity contribution in [3.63, 3.8) is 0 Å². The summed E-state index contributed by atoms with van der Waals surface area (Å²) < 4.78 is 0. The Balaban J connectivity index is 2.42. The van der Waals surface area contributed by atoms with Gasteiger partial charge in [0, 0.05) is 0 Å². The van der Waals surface area contributed by atoms with Crippen LogP contribution in [0.2, 0.25) is 0 Å². The summed E-state index contributed by atoms with van der Waals surface area (Å²) in [5.74, 6) is 0.213. The molecule has 1 aliphatic rings. The molecule has 0 spiro atoms. The number of aliphatic hydroxyl groups is 1. The Labute approximate surface area is 66.8 Å². The number of amides is 1. The average molecular weight is 157 g/mol. The first-order valence-corrected chi connectivity index (χ1v) is 4.19. The Morgan fingerprint density at radius 1 is 1.55 bits per heavy atom. The fourth-order valence-electron chi connectivity index (χ4n) is 1.57. The monoisotopic (exact) mass is 157 g/mol. The molecule has 2 N–H and O–H groups in total. The zero-order chi connectivity index (χ0) is 8.43. The van der Waals surface area contributed by atoms with Crippen molar-refractivity contribution in [1.29, 1.82) is 0 Å². The van der Waals surface area contributed by atoms with Gasteiger partial charge in [-0.15, -0.1) is 0 Å². The van der Waals surface area contributed by atoms with Crippen molar-refractivity contribution in [1.82, 2.24) is 5.32 Å².